The molecule has 0 aliphatic rings. The molecule has 0 spiro atoms. The van der Waals surface area contributed by atoms with Crippen LogP contribution in [0.25, 0.3) is 0 Å². The van der Waals surface area contributed by atoms with Crippen LogP contribution in [0.2, 0.25) is 0 Å². The SMILES string of the molecule is Cc1ccc(CN(C)CC(=O)Nc2ccccc2Br)c(C)c1. The molecule has 2 aromatic rings. The van der Waals surface area contributed by atoms with E-state index in [0.717, 1.165) is 16.7 Å². The molecule has 0 atom stereocenters. The molecular formula is C18H21BrN2O. The lowest BCUT2D eigenvalue weighted by atomic mass is 10.1. The van der Waals surface area contributed by atoms with Crippen LogP contribution in [-0.2, 0) is 11.3 Å². The van der Waals surface area contributed by atoms with E-state index in [4.69, 9.17) is 0 Å². The number of hydrogen-bond donors (Lipinski definition) is 1. The molecule has 0 heterocycles. The van der Waals surface area contributed by atoms with Crippen molar-refractivity contribution in [2.75, 3.05) is 18.9 Å². The number of amides is 1. The first-order valence-corrected chi connectivity index (χ1v) is 8.04. The van der Waals surface area contributed by atoms with Gasteiger partial charge < -0.3 is 5.32 Å². The van der Waals surface area contributed by atoms with Crippen LogP contribution in [-0.4, -0.2) is 24.4 Å². The van der Waals surface area contributed by atoms with Gasteiger partial charge in [0.1, 0.15) is 0 Å². The van der Waals surface area contributed by atoms with Crippen molar-refractivity contribution in [1.82, 2.24) is 4.90 Å². The van der Waals surface area contributed by atoms with Crippen molar-refractivity contribution in [3.63, 3.8) is 0 Å². The van der Waals surface area contributed by atoms with Crippen LogP contribution in [0.15, 0.2) is 46.9 Å². The average Bonchev–Trinajstić information content (AvgIpc) is 2.44. The molecule has 0 saturated carbocycles. The summed E-state index contributed by atoms with van der Waals surface area (Å²) in [6.45, 7) is 5.31. The van der Waals surface area contributed by atoms with Gasteiger partial charge in [0.25, 0.3) is 0 Å². The number of hydrogen-bond acceptors (Lipinski definition) is 2. The highest BCUT2D eigenvalue weighted by Crippen LogP contribution is 2.21. The van der Waals surface area contributed by atoms with Crippen LogP contribution in [0.1, 0.15) is 16.7 Å². The summed E-state index contributed by atoms with van der Waals surface area (Å²) in [4.78, 5) is 14.1. The largest absolute Gasteiger partial charge is 0.324 e. The van der Waals surface area contributed by atoms with Crippen molar-refractivity contribution >= 4 is 27.5 Å². The molecule has 0 bridgehead atoms. The zero-order valence-corrected chi connectivity index (χ0v) is 14.8. The molecular weight excluding hydrogens is 340 g/mol. The van der Waals surface area contributed by atoms with Crippen molar-refractivity contribution in [1.29, 1.82) is 0 Å². The molecule has 3 nitrogen and oxygen atoms in total. The molecule has 2 rings (SSSR count). The number of benzene rings is 2. The molecule has 0 unspecified atom stereocenters. The Morgan fingerprint density at radius 1 is 1.18 bits per heavy atom. The smallest absolute Gasteiger partial charge is 0.238 e. The Balaban J connectivity index is 1.92. The molecule has 1 N–H and O–H groups in total. The van der Waals surface area contributed by atoms with Crippen LogP contribution < -0.4 is 5.32 Å². The van der Waals surface area contributed by atoms with Crippen molar-refractivity contribution in [3.05, 3.63) is 63.6 Å². The number of nitrogens with zero attached hydrogens (tertiary/aromatic N) is 1. The first-order chi connectivity index (χ1) is 10.5. The Kier molecular flexibility index (Phi) is 5.75. The highest BCUT2D eigenvalue weighted by Gasteiger charge is 2.10. The topological polar surface area (TPSA) is 32.3 Å². The van der Waals surface area contributed by atoms with E-state index >= 15 is 0 Å². The third-order valence-corrected chi connectivity index (χ3v) is 4.19. The monoisotopic (exact) mass is 360 g/mol. The van der Waals surface area contributed by atoms with Crippen molar-refractivity contribution < 1.29 is 4.79 Å². The van der Waals surface area contributed by atoms with Crippen molar-refractivity contribution in [2.45, 2.75) is 20.4 Å². The highest BCUT2D eigenvalue weighted by atomic mass is 79.9. The van der Waals surface area contributed by atoms with E-state index in [0.29, 0.717) is 6.54 Å². The summed E-state index contributed by atoms with van der Waals surface area (Å²) in [7, 11) is 1.96. The lowest BCUT2D eigenvalue weighted by molar-refractivity contribution is -0.117. The van der Waals surface area contributed by atoms with Gasteiger partial charge in [0, 0.05) is 11.0 Å². The summed E-state index contributed by atoms with van der Waals surface area (Å²) in [5.74, 6) is -0.0147. The Labute approximate surface area is 140 Å². The van der Waals surface area contributed by atoms with E-state index < -0.39 is 0 Å². The maximum atomic E-state index is 12.1. The van der Waals surface area contributed by atoms with Crippen LogP contribution in [0.3, 0.4) is 0 Å². The minimum Gasteiger partial charge on any atom is -0.324 e. The fraction of sp³-hybridized carbons (Fsp3) is 0.278. The summed E-state index contributed by atoms with van der Waals surface area (Å²) in [5, 5.41) is 2.92. The molecule has 4 heteroatoms. The second-order valence-electron chi connectivity index (χ2n) is 5.63. The van der Waals surface area contributed by atoms with E-state index in [2.05, 4.69) is 53.3 Å². The summed E-state index contributed by atoms with van der Waals surface area (Å²) in [6, 6.07) is 14.0. The van der Waals surface area contributed by atoms with E-state index in [9.17, 15) is 4.79 Å². The van der Waals surface area contributed by atoms with Gasteiger partial charge in [0.15, 0.2) is 0 Å². The Hall–Kier alpha value is -1.65. The minimum absolute atomic E-state index is 0.0147. The average molecular weight is 361 g/mol. The number of anilines is 1. The maximum Gasteiger partial charge on any atom is 0.238 e. The first-order valence-electron chi connectivity index (χ1n) is 7.25. The lowest BCUT2D eigenvalue weighted by Gasteiger charge is -2.18. The Morgan fingerprint density at radius 3 is 2.59 bits per heavy atom. The predicted molar refractivity (Wildman–Crippen MR) is 95.0 cm³/mol. The molecule has 0 saturated heterocycles. The summed E-state index contributed by atoms with van der Waals surface area (Å²) < 4.78 is 0.889. The van der Waals surface area contributed by atoms with E-state index in [1.807, 2.05) is 36.2 Å². The number of rotatable bonds is 5. The molecule has 0 aliphatic heterocycles. The van der Waals surface area contributed by atoms with E-state index in [1.54, 1.807) is 0 Å². The Bertz CT molecular complexity index is 670. The van der Waals surface area contributed by atoms with Crippen LogP contribution >= 0.6 is 15.9 Å². The van der Waals surface area contributed by atoms with Crippen LogP contribution in [0, 0.1) is 13.8 Å². The van der Waals surface area contributed by atoms with E-state index in [-0.39, 0.29) is 5.91 Å². The number of carbonyl (C=O) groups is 1. The zero-order valence-electron chi connectivity index (χ0n) is 13.2. The quantitative estimate of drug-likeness (QED) is 0.868. The number of carbonyl (C=O) groups excluding carboxylic acids is 1. The number of halogens is 1. The van der Waals surface area contributed by atoms with Gasteiger partial charge in [-0.15, -0.1) is 0 Å². The van der Waals surface area contributed by atoms with Crippen molar-refractivity contribution in [3.8, 4) is 0 Å². The first kappa shape index (κ1) is 16.7. The Morgan fingerprint density at radius 2 is 1.91 bits per heavy atom. The normalized spacial score (nSPS) is 10.8. The third-order valence-electron chi connectivity index (χ3n) is 3.50. The molecule has 0 radical (unpaired) electrons. The molecule has 1 amide bonds. The molecule has 116 valence electrons. The van der Waals surface area contributed by atoms with Gasteiger partial charge in [0.2, 0.25) is 5.91 Å². The fourth-order valence-electron chi connectivity index (χ4n) is 2.37. The predicted octanol–water partition coefficient (Wildman–Crippen LogP) is 4.14. The van der Waals surface area contributed by atoms with Gasteiger partial charge in [-0.1, -0.05) is 35.9 Å². The van der Waals surface area contributed by atoms with Crippen LogP contribution in [0.5, 0.6) is 0 Å². The second kappa shape index (κ2) is 7.56. The third kappa shape index (κ3) is 4.68. The maximum absolute atomic E-state index is 12.1. The van der Waals surface area contributed by atoms with Crippen LogP contribution in [0.4, 0.5) is 5.69 Å². The van der Waals surface area contributed by atoms with E-state index in [1.165, 1.54) is 16.7 Å². The summed E-state index contributed by atoms with van der Waals surface area (Å²) in [6.07, 6.45) is 0. The standard InChI is InChI=1S/C18H21BrN2O/c1-13-8-9-15(14(2)10-13)11-21(3)12-18(22)20-17-7-5-4-6-16(17)19/h4-10H,11-12H2,1-3H3,(H,20,22). The highest BCUT2D eigenvalue weighted by molar-refractivity contribution is 9.10. The van der Waals surface area contributed by atoms with Gasteiger partial charge in [-0.05, 0) is 60.1 Å². The van der Waals surface area contributed by atoms with Gasteiger partial charge in [-0.3, -0.25) is 9.69 Å². The molecule has 0 aliphatic carbocycles. The molecule has 0 fully saturated rings. The molecule has 22 heavy (non-hydrogen) atoms. The number of nitrogens with one attached hydrogen (secondary N) is 1. The summed E-state index contributed by atoms with van der Waals surface area (Å²) >= 11 is 3.43. The second-order valence-corrected chi connectivity index (χ2v) is 6.48. The van der Waals surface area contributed by atoms with Gasteiger partial charge in [0.05, 0.1) is 12.2 Å². The number of aryl methyl sites for hydroxylation is 2. The van der Waals surface area contributed by atoms with Gasteiger partial charge >= 0.3 is 0 Å². The zero-order chi connectivity index (χ0) is 16.1. The number of para-hydroxylation sites is 1. The minimum atomic E-state index is -0.0147. The lowest BCUT2D eigenvalue weighted by Crippen LogP contribution is -2.30. The van der Waals surface area contributed by atoms with Gasteiger partial charge in [-0.2, -0.15) is 0 Å². The number of likely N-dealkylation sites (N-methyl/N-ethyl adjacent to an activating group) is 1. The summed E-state index contributed by atoms with van der Waals surface area (Å²) in [5.41, 5.74) is 4.57. The fourth-order valence-corrected chi connectivity index (χ4v) is 2.75. The van der Waals surface area contributed by atoms with Crippen molar-refractivity contribution in [2.24, 2.45) is 0 Å². The van der Waals surface area contributed by atoms with Gasteiger partial charge in [-0.25, -0.2) is 0 Å². The molecule has 0 aromatic heterocycles. The molecule has 2 aromatic carbocycles.